The third-order valence-electron chi connectivity index (χ3n) is 6.28. The predicted molar refractivity (Wildman–Crippen MR) is 131 cm³/mol. The number of nitrogens with zero attached hydrogens (tertiary/aromatic N) is 1. The molecular formula is C25H26ClN3O2S. The minimum Gasteiger partial charge on any atom is -0.361 e. The fourth-order valence-corrected chi connectivity index (χ4v) is 6.36. The van der Waals surface area contributed by atoms with E-state index in [-0.39, 0.29) is 6.04 Å². The van der Waals surface area contributed by atoms with Crippen molar-refractivity contribution < 1.29 is 8.42 Å². The molecule has 2 N–H and O–H groups in total. The highest BCUT2D eigenvalue weighted by Gasteiger charge is 2.27. The van der Waals surface area contributed by atoms with Crippen molar-refractivity contribution in [3.8, 4) is 0 Å². The summed E-state index contributed by atoms with van der Waals surface area (Å²) in [6.45, 7) is 2.59. The standard InChI is InChI=1S/C25H26ClN3O2S/c26-20-10-11-24-23(15-20)19(16-27-24)7-4-13-29-14-12-21(17-29)28-32(30,31)25-9-3-6-18-5-1-2-8-22(18)25/h1-3,5-6,8-11,15-16,21,27-28H,4,7,12-14,17H2. The maximum atomic E-state index is 13.1. The molecule has 1 saturated heterocycles. The molecule has 1 fully saturated rings. The number of likely N-dealkylation sites (tertiary alicyclic amines) is 1. The van der Waals surface area contributed by atoms with Crippen molar-refractivity contribution in [3.63, 3.8) is 0 Å². The molecular weight excluding hydrogens is 442 g/mol. The summed E-state index contributed by atoms with van der Waals surface area (Å²) in [5.41, 5.74) is 2.38. The molecule has 0 aliphatic carbocycles. The highest BCUT2D eigenvalue weighted by molar-refractivity contribution is 7.89. The van der Waals surface area contributed by atoms with Crippen LogP contribution in [0.2, 0.25) is 5.02 Å². The molecule has 7 heteroatoms. The number of aromatic amines is 1. The average molecular weight is 468 g/mol. The van der Waals surface area contributed by atoms with Crippen LogP contribution in [-0.4, -0.2) is 44.0 Å². The van der Waals surface area contributed by atoms with Gasteiger partial charge in [-0.1, -0.05) is 48.0 Å². The predicted octanol–water partition coefficient (Wildman–Crippen LogP) is 4.96. The van der Waals surface area contributed by atoms with Crippen LogP contribution >= 0.6 is 11.6 Å². The van der Waals surface area contributed by atoms with Gasteiger partial charge in [-0.15, -0.1) is 0 Å². The zero-order valence-corrected chi connectivity index (χ0v) is 19.3. The summed E-state index contributed by atoms with van der Waals surface area (Å²) < 4.78 is 29.1. The van der Waals surface area contributed by atoms with Crippen molar-refractivity contribution >= 4 is 43.3 Å². The summed E-state index contributed by atoms with van der Waals surface area (Å²) in [5, 5.41) is 3.62. The Morgan fingerprint density at radius 3 is 2.81 bits per heavy atom. The van der Waals surface area contributed by atoms with E-state index >= 15 is 0 Å². The van der Waals surface area contributed by atoms with Crippen molar-refractivity contribution in [1.82, 2.24) is 14.6 Å². The van der Waals surface area contributed by atoms with Gasteiger partial charge in [0, 0.05) is 40.1 Å². The number of benzene rings is 3. The molecule has 1 atom stereocenters. The van der Waals surface area contributed by atoms with Crippen LogP contribution in [0.4, 0.5) is 0 Å². The van der Waals surface area contributed by atoms with Crippen LogP contribution < -0.4 is 4.72 Å². The zero-order valence-electron chi connectivity index (χ0n) is 17.7. The van der Waals surface area contributed by atoms with Gasteiger partial charge < -0.3 is 9.88 Å². The Morgan fingerprint density at radius 1 is 1.06 bits per heavy atom. The average Bonchev–Trinajstić information content (AvgIpc) is 3.39. The molecule has 0 saturated carbocycles. The Kier molecular flexibility index (Phi) is 5.95. The summed E-state index contributed by atoms with van der Waals surface area (Å²) in [6.07, 6.45) is 4.87. The first-order valence-electron chi connectivity index (χ1n) is 11.0. The number of aryl methyl sites for hydroxylation is 1. The third-order valence-corrected chi connectivity index (χ3v) is 8.10. The molecule has 32 heavy (non-hydrogen) atoms. The second-order valence-electron chi connectivity index (χ2n) is 8.49. The first-order valence-corrected chi connectivity index (χ1v) is 12.8. The molecule has 2 heterocycles. The van der Waals surface area contributed by atoms with Gasteiger partial charge in [0.15, 0.2) is 0 Å². The number of hydrogen-bond acceptors (Lipinski definition) is 3. The van der Waals surface area contributed by atoms with Crippen LogP contribution in [0, 0.1) is 0 Å². The Labute approximate surface area is 193 Å². The number of rotatable bonds is 7. The number of hydrogen-bond donors (Lipinski definition) is 2. The van der Waals surface area contributed by atoms with Crippen molar-refractivity contribution in [2.45, 2.75) is 30.2 Å². The van der Waals surface area contributed by atoms with Gasteiger partial charge in [0.25, 0.3) is 0 Å². The summed E-state index contributed by atoms with van der Waals surface area (Å²) in [5.74, 6) is 0. The van der Waals surface area contributed by atoms with Gasteiger partial charge in [0.05, 0.1) is 4.90 Å². The fourth-order valence-electron chi connectivity index (χ4n) is 4.70. The van der Waals surface area contributed by atoms with E-state index in [9.17, 15) is 8.42 Å². The lowest BCUT2D eigenvalue weighted by molar-refractivity contribution is 0.327. The summed E-state index contributed by atoms with van der Waals surface area (Å²) >= 11 is 6.15. The lowest BCUT2D eigenvalue weighted by Crippen LogP contribution is -2.37. The van der Waals surface area contributed by atoms with E-state index in [1.54, 1.807) is 12.1 Å². The number of fused-ring (bicyclic) bond motifs is 2. The van der Waals surface area contributed by atoms with E-state index in [1.165, 1.54) is 10.9 Å². The molecule has 0 bridgehead atoms. The number of H-pyrrole nitrogens is 1. The summed E-state index contributed by atoms with van der Waals surface area (Å²) in [7, 11) is -3.57. The zero-order chi connectivity index (χ0) is 22.1. The number of halogens is 1. The highest BCUT2D eigenvalue weighted by atomic mass is 35.5. The maximum Gasteiger partial charge on any atom is 0.241 e. The maximum absolute atomic E-state index is 13.1. The van der Waals surface area contributed by atoms with Crippen LogP contribution in [0.5, 0.6) is 0 Å². The third kappa shape index (κ3) is 4.41. The summed E-state index contributed by atoms with van der Waals surface area (Å²) in [4.78, 5) is 6.00. The quantitative estimate of drug-likeness (QED) is 0.403. The molecule has 1 aliphatic rings. The molecule has 166 valence electrons. The van der Waals surface area contributed by atoms with Gasteiger partial charge >= 0.3 is 0 Å². The molecule has 0 spiro atoms. The number of nitrogens with one attached hydrogen (secondary N) is 2. The normalized spacial score (nSPS) is 17.5. The Balaban J connectivity index is 1.19. The van der Waals surface area contributed by atoms with Gasteiger partial charge in [0.2, 0.25) is 10.0 Å². The highest BCUT2D eigenvalue weighted by Crippen LogP contribution is 2.25. The van der Waals surface area contributed by atoms with Gasteiger partial charge in [-0.05, 0) is 67.6 Å². The van der Waals surface area contributed by atoms with Crippen LogP contribution in [0.3, 0.4) is 0 Å². The minimum absolute atomic E-state index is 0.0640. The monoisotopic (exact) mass is 467 g/mol. The molecule has 5 nitrogen and oxygen atoms in total. The SMILES string of the molecule is O=S(=O)(NC1CCN(CCCc2c[nH]c3ccc(Cl)cc23)C1)c1cccc2ccccc12. The Bertz CT molecular complexity index is 1360. The molecule has 0 radical (unpaired) electrons. The summed E-state index contributed by atoms with van der Waals surface area (Å²) in [6, 6.07) is 18.9. The second kappa shape index (κ2) is 8.87. The lowest BCUT2D eigenvalue weighted by atomic mass is 10.1. The van der Waals surface area contributed by atoms with Gasteiger partial charge in [0.1, 0.15) is 0 Å². The van der Waals surface area contributed by atoms with Gasteiger partial charge in [-0.25, -0.2) is 13.1 Å². The molecule has 1 aliphatic heterocycles. The Hall–Kier alpha value is -2.38. The van der Waals surface area contributed by atoms with E-state index in [0.29, 0.717) is 4.90 Å². The fraction of sp³-hybridized carbons (Fsp3) is 0.280. The van der Waals surface area contributed by atoms with Crippen molar-refractivity contribution in [2.75, 3.05) is 19.6 Å². The van der Waals surface area contributed by atoms with Crippen LogP contribution in [0.1, 0.15) is 18.4 Å². The van der Waals surface area contributed by atoms with E-state index in [2.05, 4.69) is 20.8 Å². The molecule has 4 aromatic rings. The van der Waals surface area contributed by atoms with Gasteiger partial charge in [-0.2, -0.15) is 0 Å². The topological polar surface area (TPSA) is 65.2 Å². The molecule has 1 aromatic heterocycles. The van der Waals surface area contributed by atoms with Crippen molar-refractivity contribution in [3.05, 3.63) is 77.4 Å². The minimum atomic E-state index is -3.57. The van der Waals surface area contributed by atoms with Crippen LogP contribution in [0.15, 0.2) is 71.8 Å². The van der Waals surface area contributed by atoms with E-state index in [1.807, 2.05) is 48.5 Å². The molecule has 1 unspecified atom stereocenters. The first-order chi connectivity index (χ1) is 15.5. The Morgan fingerprint density at radius 2 is 1.91 bits per heavy atom. The van der Waals surface area contributed by atoms with E-state index < -0.39 is 10.0 Å². The smallest absolute Gasteiger partial charge is 0.241 e. The van der Waals surface area contributed by atoms with Crippen molar-refractivity contribution in [1.29, 1.82) is 0 Å². The molecule has 5 rings (SSSR count). The number of aromatic nitrogens is 1. The van der Waals surface area contributed by atoms with Crippen molar-refractivity contribution in [2.24, 2.45) is 0 Å². The largest absolute Gasteiger partial charge is 0.361 e. The number of sulfonamides is 1. The van der Waals surface area contributed by atoms with Crippen LogP contribution in [-0.2, 0) is 16.4 Å². The molecule has 3 aromatic carbocycles. The van der Waals surface area contributed by atoms with E-state index in [4.69, 9.17) is 11.6 Å². The second-order valence-corrected chi connectivity index (χ2v) is 10.6. The van der Waals surface area contributed by atoms with Crippen LogP contribution in [0.25, 0.3) is 21.7 Å². The lowest BCUT2D eigenvalue weighted by Gasteiger charge is -2.17. The first kappa shape index (κ1) is 21.5. The van der Waals surface area contributed by atoms with E-state index in [0.717, 1.165) is 60.2 Å². The molecule has 0 amide bonds. The van der Waals surface area contributed by atoms with Gasteiger partial charge in [-0.3, -0.25) is 0 Å².